The largest absolute Gasteiger partial charge is 0.433 e. The highest BCUT2D eigenvalue weighted by molar-refractivity contribution is 6.66. The van der Waals surface area contributed by atoms with Gasteiger partial charge in [0.15, 0.2) is 0 Å². The first-order chi connectivity index (χ1) is 9.66. The third-order valence-corrected chi connectivity index (χ3v) is 2.70. The maximum Gasteiger partial charge on any atom is 0.433 e. The molecular weight excluding hydrogens is 353 g/mol. The van der Waals surface area contributed by atoms with Crippen molar-refractivity contribution >= 4 is 46.7 Å². The lowest BCUT2D eigenvalue weighted by atomic mass is 10.4. The van der Waals surface area contributed by atoms with Crippen molar-refractivity contribution in [1.29, 1.82) is 0 Å². The molecule has 2 heterocycles. The van der Waals surface area contributed by atoms with Gasteiger partial charge >= 0.3 is 6.18 Å². The standard InChI is InChI=1S/C10H5Cl3F3N5/c11-9(12,13)5-1-3-17-7(19-5)21-8-18-4-2-6(20-8)10(14,15)16/h1-4H,(H,17,18,19,20,21). The van der Waals surface area contributed by atoms with Gasteiger partial charge in [0.25, 0.3) is 0 Å². The van der Waals surface area contributed by atoms with Crippen LogP contribution in [0, 0.1) is 0 Å². The summed E-state index contributed by atoms with van der Waals surface area (Å²) in [7, 11) is 0. The molecule has 0 radical (unpaired) electrons. The SMILES string of the molecule is FC(F)(F)c1ccnc(Nc2nccc(C(Cl)(Cl)Cl)n2)n1. The fourth-order valence-electron chi connectivity index (χ4n) is 1.25. The lowest BCUT2D eigenvalue weighted by molar-refractivity contribution is -0.141. The smallest absolute Gasteiger partial charge is 0.293 e. The summed E-state index contributed by atoms with van der Waals surface area (Å²) in [4.78, 5) is 14.6. The van der Waals surface area contributed by atoms with Crippen molar-refractivity contribution in [1.82, 2.24) is 19.9 Å². The van der Waals surface area contributed by atoms with Gasteiger partial charge in [-0.15, -0.1) is 0 Å². The Morgan fingerprint density at radius 2 is 1.33 bits per heavy atom. The summed E-state index contributed by atoms with van der Waals surface area (Å²) >= 11 is 17.0. The predicted octanol–water partition coefficient (Wildman–Crippen LogP) is 3.86. The Hall–Kier alpha value is -1.38. The van der Waals surface area contributed by atoms with Gasteiger partial charge in [-0.05, 0) is 12.1 Å². The van der Waals surface area contributed by atoms with Crippen molar-refractivity contribution in [2.45, 2.75) is 9.97 Å². The number of alkyl halides is 6. The van der Waals surface area contributed by atoms with Crippen LogP contribution in [0.5, 0.6) is 0 Å². The first-order valence-corrected chi connectivity index (χ1v) is 6.37. The molecule has 0 aliphatic heterocycles. The summed E-state index contributed by atoms with van der Waals surface area (Å²) in [5.41, 5.74) is -1.05. The molecule has 0 aliphatic carbocycles. The fourth-order valence-corrected chi connectivity index (χ4v) is 1.57. The first kappa shape index (κ1) is 16.0. The van der Waals surface area contributed by atoms with Crippen molar-refractivity contribution in [3.05, 3.63) is 35.9 Å². The quantitative estimate of drug-likeness (QED) is 0.826. The second-order valence-corrected chi connectivity index (χ2v) is 5.93. The molecule has 5 nitrogen and oxygen atoms in total. The number of nitrogens with zero attached hydrogens (tertiary/aromatic N) is 4. The number of nitrogens with one attached hydrogen (secondary N) is 1. The zero-order valence-corrected chi connectivity index (χ0v) is 12.1. The second-order valence-electron chi connectivity index (χ2n) is 3.65. The van der Waals surface area contributed by atoms with Crippen molar-refractivity contribution in [3.63, 3.8) is 0 Å². The van der Waals surface area contributed by atoms with Crippen LogP contribution in [0.3, 0.4) is 0 Å². The van der Waals surface area contributed by atoms with E-state index < -0.39 is 15.7 Å². The van der Waals surface area contributed by atoms with E-state index in [4.69, 9.17) is 34.8 Å². The minimum Gasteiger partial charge on any atom is -0.293 e. The van der Waals surface area contributed by atoms with Crippen molar-refractivity contribution < 1.29 is 13.2 Å². The number of aromatic nitrogens is 4. The van der Waals surface area contributed by atoms with Crippen LogP contribution in [-0.2, 0) is 9.97 Å². The van der Waals surface area contributed by atoms with Crippen LogP contribution in [0.1, 0.15) is 11.4 Å². The van der Waals surface area contributed by atoms with E-state index in [0.29, 0.717) is 0 Å². The molecular formula is C10H5Cl3F3N5. The Labute approximate surface area is 131 Å². The molecule has 0 aromatic carbocycles. The van der Waals surface area contributed by atoms with Gasteiger partial charge < -0.3 is 0 Å². The molecule has 112 valence electrons. The average Bonchev–Trinajstić information content (AvgIpc) is 2.37. The molecule has 2 rings (SSSR count). The summed E-state index contributed by atoms with van der Waals surface area (Å²) in [5.74, 6) is -0.426. The Kier molecular flexibility index (Phi) is 4.40. The van der Waals surface area contributed by atoms with Crippen LogP contribution in [0.2, 0.25) is 0 Å². The molecule has 2 aromatic heterocycles. The molecule has 0 fully saturated rings. The van der Waals surface area contributed by atoms with Gasteiger partial charge in [-0.1, -0.05) is 34.8 Å². The summed E-state index contributed by atoms with van der Waals surface area (Å²) in [6, 6.07) is 2.09. The predicted molar refractivity (Wildman–Crippen MR) is 71.6 cm³/mol. The zero-order valence-electron chi connectivity index (χ0n) is 9.87. The number of anilines is 2. The summed E-state index contributed by atoms with van der Waals surface area (Å²) in [5, 5.41) is 2.41. The summed E-state index contributed by atoms with van der Waals surface area (Å²) in [6.07, 6.45) is -2.35. The van der Waals surface area contributed by atoms with Gasteiger partial charge in [-0.3, -0.25) is 5.32 Å². The lowest BCUT2D eigenvalue weighted by Crippen LogP contribution is -2.11. The zero-order chi connectivity index (χ0) is 15.7. The van der Waals surface area contributed by atoms with E-state index >= 15 is 0 Å². The van der Waals surface area contributed by atoms with Crippen LogP contribution in [0.25, 0.3) is 0 Å². The first-order valence-electron chi connectivity index (χ1n) is 5.24. The van der Waals surface area contributed by atoms with Crippen molar-refractivity contribution in [2.24, 2.45) is 0 Å². The number of halogens is 6. The van der Waals surface area contributed by atoms with Gasteiger partial charge in [-0.2, -0.15) is 13.2 Å². The van der Waals surface area contributed by atoms with E-state index in [1.165, 1.54) is 12.3 Å². The van der Waals surface area contributed by atoms with Gasteiger partial charge in [0.1, 0.15) is 5.69 Å². The molecule has 0 saturated carbocycles. The number of hydrogen-bond acceptors (Lipinski definition) is 5. The molecule has 0 unspecified atom stereocenters. The molecule has 0 aliphatic rings. The normalized spacial score (nSPS) is 12.3. The highest BCUT2D eigenvalue weighted by atomic mass is 35.6. The van der Waals surface area contributed by atoms with Gasteiger partial charge in [0, 0.05) is 12.4 Å². The van der Waals surface area contributed by atoms with Crippen LogP contribution in [0.4, 0.5) is 25.1 Å². The number of rotatable bonds is 2. The average molecular weight is 359 g/mol. The maximum absolute atomic E-state index is 12.5. The summed E-state index contributed by atoms with van der Waals surface area (Å²) < 4.78 is 35.8. The van der Waals surface area contributed by atoms with Crippen LogP contribution < -0.4 is 5.32 Å². The molecule has 21 heavy (non-hydrogen) atoms. The molecule has 0 saturated heterocycles. The topological polar surface area (TPSA) is 63.6 Å². The van der Waals surface area contributed by atoms with Crippen LogP contribution in [-0.4, -0.2) is 19.9 Å². The molecule has 0 amide bonds. The second kappa shape index (κ2) is 5.78. The Morgan fingerprint density at radius 3 is 1.81 bits per heavy atom. The number of hydrogen-bond donors (Lipinski definition) is 1. The lowest BCUT2D eigenvalue weighted by Gasteiger charge is -2.11. The van der Waals surface area contributed by atoms with E-state index in [1.807, 2.05) is 0 Å². The molecule has 0 bridgehead atoms. The molecule has 0 atom stereocenters. The minimum atomic E-state index is -4.58. The maximum atomic E-state index is 12.5. The monoisotopic (exact) mass is 357 g/mol. The minimum absolute atomic E-state index is 0.0528. The fraction of sp³-hybridized carbons (Fsp3) is 0.200. The van der Waals surface area contributed by atoms with E-state index in [1.54, 1.807) is 0 Å². The van der Waals surface area contributed by atoms with Crippen LogP contribution >= 0.6 is 34.8 Å². The Morgan fingerprint density at radius 1 is 0.857 bits per heavy atom. The van der Waals surface area contributed by atoms with Gasteiger partial charge in [0.05, 0.1) is 5.69 Å². The van der Waals surface area contributed by atoms with E-state index in [0.717, 1.165) is 12.3 Å². The molecule has 1 N–H and O–H groups in total. The van der Waals surface area contributed by atoms with Gasteiger partial charge in [-0.25, -0.2) is 19.9 Å². The van der Waals surface area contributed by atoms with Crippen molar-refractivity contribution in [3.8, 4) is 0 Å². The highest BCUT2D eigenvalue weighted by Crippen LogP contribution is 2.37. The highest BCUT2D eigenvalue weighted by Gasteiger charge is 2.33. The third kappa shape index (κ3) is 4.29. The molecule has 2 aromatic rings. The summed E-state index contributed by atoms with van der Waals surface area (Å²) in [6.45, 7) is 0. The van der Waals surface area contributed by atoms with Crippen LogP contribution in [0.15, 0.2) is 24.5 Å². The third-order valence-electron chi connectivity index (χ3n) is 2.12. The van der Waals surface area contributed by atoms with E-state index in [2.05, 4.69) is 25.3 Å². The Bertz CT molecular complexity index is 589. The van der Waals surface area contributed by atoms with E-state index in [-0.39, 0.29) is 17.6 Å². The van der Waals surface area contributed by atoms with E-state index in [9.17, 15) is 13.2 Å². The Balaban J connectivity index is 2.27. The van der Waals surface area contributed by atoms with Crippen molar-refractivity contribution in [2.75, 3.05) is 5.32 Å². The molecule has 0 spiro atoms. The molecule has 11 heteroatoms. The van der Waals surface area contributed by atoms with Gasteiger partial charge in [0.2, 0.25) is 15.7 Å².